The molecule has 16 heavy (non-hydrogen) atoms. The molecule has 0 saturated carbocycles. The first-order chi connectivity index (χ1) is 7.74. The standard InChI is InChI=1S/C13H23N3/c1-3-8-15-9-10-16(2)11-12-6-4-5-7-13(12)14/h4-7,15H,3,8-11,14H2,1-2H3. The summed E-state index contributed by atoms with van der Waals surface area (Å²) < 4.78 is 0. The van der Waals surface area contributed by atoms with Crippen LogP contribution in [0.5, 0.6) is 0 Å². The maximum absolute atomic E-state index is 5.90. The lowest BCUT2D eigenvalue weighted by atomic mass is 10.2. The normalized spacial score (nSPS) is 10.9. The van der Waals surface area contributed by atoms with Crippen molar-refractivity contribution in [3.8, 4) is 0 Å². The van der Waals surface area contributed by atoms with Gasteiger partial charge in [0, 0.05) is 25.3 Å². The third kappa shape index (κ3) is 4.64. The molecule has 0 atom stereocenters. The summed E-state index contributed by atoms with van der Waals surface area (Å²) in [4.78, 5) is 2.29. The number of nitrogens with one attached hydrogen (secondary N) is 1. The molecule has 0 radical (unpaired) electrons. The van der Waals surface area contributed by atoms with E-state index in [-0.39, 0.29) is 0 Å². The van der Waals surface area contributed by atoms with Gasteiger partial charge in [-0.3, -0.25) is 0 Å². The highest BCUT2D eigenvalue weighted by atomic mass is 15.1. The topological polar surface area (TPSA) is 41.3 Å². The van der Waals surface area contributed by atoms with E-state index in [1.54, 1.807) is 0 Å². The fraction of sp³-hybridized carbons (Fsp3) is 0.538. The van der Waals surface area contributed by atoms with Gasteiger partial charge in [-0.1, -0.05) is 25.1 Å². The minimum Gasteiger partial charge on any atom is -0.398 e. The zero-order chi connectivity index (χ0) is 11.8. The molecule has 0 bridgehead atoms. The van der Waals surface area contributed by atoms with Gasteiger partial charge >= 0.3 is 0 Å². The quantitative estimate of drug-likeness (QED) is 0.544. The van der Waals surface area contributed by atoms with Crippen LogP contribution in [0.2, 0.25) is 0 Å². The molecule has 1 rings (SSSR count). The first kappa shape index (κ1) is 13.0. The van der Waals surface area contributed by atoms with Gasteiger partial charge < -0.3 is 16.0 Å². The maximum atomic E-state index is 5.90. The highest BCUT2D eigenvalue weighted by molar-refractivity contribution is 5.46. The Kier molecular flexibility index (Phi) is 5.90. The predicted octanol–water partition coefficient (Wildman–Crippen LogP) is 1.70. The molecule has 0 amide bonds. The number of hydrogen-bond acceptors (Lipinski definition) is 3. The summed E-state index contributed by atoms with van der Waals surface area (Å²) in [5.41, 5.74) is 8.00. The van der Waals surface area contributed by atoms with Crippen LogP contribution in [0.3, 0.4) is 0 Å². The number of nitrogens with two attached hydrogens (primary N) is 1. The molecule has 0 aliphatic heterocycles. The first-order valence-electron chi connectivity index (χ1n) is 5.96. The Hall–Kier alpha value is -1.06. The first-order valence-corrected chi connectivity index (χ1v) is 5.96. The Morgan fingerprint density at radius 3 is 2.69 bits per heavy atom. The Bertz CT molecular complexity index is 299. The van der Waals surface area contributed by atoms with Crippen LogP contribution >= 0.6 is 0 Å². The average molecular weight is 221 g/mol. The SMILES string of the molecule is CCCNCCN(C)Cc1ccccc1N. The lowest BCUT2D eigenvalue weighted by molar-refractivity contribution is 0.325. The summed E-state index contributed by atoms with van der Waals surface area (Å²) >= 11 is 0. The second-order valence-corrected chi connectivity index (χ2v) is 4.19. The molecule has 3 heteroatoms. The molecular weight excluding hydrogens is 198 g/mol. The van der Waals surface area contributed by atoms with Crippen molar-refractivity contribution in [3.05, 3.63) is 29.8 Å². The van der Waals surface area contributed by atoms with Gasteiger partial charge in [0.15, 0.2) is 0 Å². The van der Waals surface area contributed by atoms with Gasteiger partial charge in [-0.25, -0.2) is 0 Å². The maximum Gasteiger partial charge on any atom is 0.0359 e. The summed E-state index contributed by atoms with van der Waals surface area (Å²) in [5.74, 6) is 0. The van der Waals surface area contributed by atoms with E-state index in [9.17, 15) is 0 Å². The Balaban J connectivity index is 2.28. The fourth-order valence-corrected chi connectivity index (χ4v) is 1.62. The Morgan fingerprint density at radius 2 is 2.00 bits per heavy atom. The molecule has 1 aromatic carbocycles. The number of anilines is 1. The smallest absolute Gasteiger partial charge is 0.0359 e. The van der Waals surface area contributed by atoms with E-state index in [1.165, 1.54) is 12.0 Å². The van der Waals surface area contributed by atoms with Gasteiger partial charge in [0.1, 0.15) is 0 Å². The molecule has 0 spiro atoms. The van der Waals surface area contributed by atoms with E-state index in [2.05, 4.69) is 30.3 Å². The average Bonchev–Trinajstić information content (AvgIpc) is 2.28. The highest BCUT2D eigenvalue weighted by Crippen LogP contribution is 2.11. The van der Waals surface area contributed by atoms with Crippen LogP contribution in [0.1, 0.15) is 18.9 Å². The molecular formula is C13H23N3. The number of rotatable bonds is 7. The van der Waals surface area contributed by atoms with E-state index in [0.717, 1.165) is 31.9 Å². The zero-order valence-corrected chi connectivity index (χ0v) is 10.4. The number of nitrogen functional groups attached to an aromatic ring is 1. The summed E-state index contributed by atoms with van der Waals surface area (Å²) in [5, 5.41) is 3.39. The lowest BCUT2D eigenvalue weighted by Gasteiger charge is -2.17. The molecule has 0 aromatic heterocycles. The summed E-state index contributed by atoms with van der Waals surface area (Å²) in [6.07, 6.45) is 1.19. The van der Waals surface area contributed by atoms with Crippen molar-refractivity contribution in [2.75, 3.05) is 32.4 Å². The fourth-order valence-electron chi connectivity index (χ4n) is 1.62. The molecule has 3 N–H and O–H groups in total. The summed E-state index contributed by atoms with van der Waals surface area (Å²) in [6.45, 7) is 6.29. The van der Waals surface area contributed by atoms with E-state index in [4.69, 9.17) is 5.73 Å². The van der Waals surface area contributed by atoms with Crippen molar-refractivity contribution in [2.45, 2.75) is 19.9 Å². The van der Waals surface area contributed by atoms with Gasteiger partial charge in [-0.15, -0.1) is 0 Å². The molecule has 0 saturated heterocycles. The van der Waals surface area contributed by atoms with E-state index < -0.39 is 0 Å². The third-order valence-corrected chi connectivity index (χ3v) is 2.59. The molecule has 0 fully saturated rings. The van der Waals surface area contributed by atoms with E-state index in [1.807, 2.05) is 18.2 Å². The van der Waals surface area contributed by atoms with Gasteiger partial charge in [0.05, 0.1) is 0 Å². The van der Waals surface area contributed by atoms with Crippen molar-refractivity contribution in [1.82, 2.24) is 10.2 Å². The van der Waals surface area contributed by atoms with Crippen molar-refractivity contribution in [3.63, 3.8) is 0 Å². The monoisotopic (exact) mass is 221 g/mol. The van der Waals surface area contributed by atoms with E-state index in [0.29, 0.717) is 0 Å². The van der Waals surface area contributed by atoms with Crippen LogP contribution in [-0.4, -0.2) is 31.6 Å². The minimum absolute atomic E-state index is 0.885. The van der Waals surface area contributed by atoms with Crippen molar-refractivity contribution < 1.29 is 0 Å². The number of benzene rings is 1. The van der Waals surface area contributed by atoms with Crippen molar-refractivity contribution in [1.29, 1.82) is 0 Å². The number of hydrogen-bond donors (Lipinski definition) is 2. The number of nitrogens with zero attached hydrogens (tertiary/aromatic N) is 1. The molecule has 0 aliphatic carbocycles. The van der Waals surface area contributed by atoms with Crippen LogP contribution in [-0.2, 0) is 6.54 Å². The Morgan fingerprint density at radius 1 is 1.25 bits per heavy atom. The van der Waals surface area contributed by atoms with Crippen molar-refractivity contribution >= 4 is 5.69 Å². The Labute approximate surface area is 98.6 Å². The second-order valence-electron chi connectivity index (χ2n) is 4.19. The van der Waals surface area contributed by atoms with Gasteiger partial charge in [-0.2, -0.15) is 0 Å². The molecule has 0 heterocycles. The summed E-state index contributed by atoms with van der Waals surface area (Å²) in [7, 11) is 2.13. The third-order valence-electron chi connectivity index (χ3n) is 2.59. The molecule has 0 unspecified atom stereocenters. The van der Waals surface area contributed by atoms with Crippen LogP contribution < -0.4 is 11.1 Å². The molecule has 3 nitrogen and oxygen atoms in total. The summed E-state index contributed by atoms with van der Waals surface area (Å²) in [6, 6.07) is 8.06. The minimum atomic E-state index is 0.885. The van der Waals surface area contributed by atoms with Crippen LogP contribution in [0.25, 0.3) is 0 Å². The molecule has 0 aliphatic rings. The van der Waals surface area contributed by atoms with Crippen LogP contribution in [0.4, 0.5) is 5.69 Å². The van der Waals surface area contributed by atoms with Gasteiger partial charge in [-0.05, 0) is 31.6 Å². The van der Waals surface area contributed by atoms with Gasteiger partial charge in [0.2, 0.25) is 0 Å². The number of likely N-dealkylation sites (N-methyl/N-ethyl adjacent to an activating group) is 1. The number of para-hydroxylation sites is 1. The van der Waals surface area contributed by atoms with Crippen LogP contribution in [0.15, 0.2) is 24.3 Å². The molecule has 1 aromatic rings. The zero-order valence-electron chi connectivity index (χ0n) is 10.4. The predicted molar refractivity (Wildman–Crippen MR) is 70.3 cm³/mol. The second kappa shape index (κ2) is 7.25. The lowest BCUT2D eigenvalue weighted by Crippen LogP contribution is -2.29. The van der Waals surface area contributed by atoms with Gasteiger partial charge in [0.25, 0.3) is 0 Å². The van der Waals surface area contributed by atoms with E-state index >= 15 is 0 Å². The van der Waals surface area contributed by atoms with Crippen LogP contribution in [0, 0.1) is 0 Å². The molecule has 90 valence electrons. The van der Waals surface area contributed by atoms with Crippen molar-refractivity contribution in [2.24, 2.45) is 0 Å². The highest BCUT2D eigenvalue weighted by Gasteiger charge is 2.02. The largest absolute Gasteiger partial charge is 0.398 e.